The van der Waals surface area contributed by atoms with Gasteiger partial charge in [-0.15, -0.1) is 0 Å². The molecule has 0 aliphatic heterocycles. The minimum Gasteiger partial charge on any atom is -0.445 e. The van der Waals surface area contributed by atoms with Crippen molar-refractivity contribution in [1.82, 2.24) is 4.98 Å². The zero-order chi connectivity index (χ0) is 17.9. The maximum atomic E-state index is 11.9. The lowest BCUT2D eigenvalue weighted by Gasteiger charge is -2.08. The molecule has 3 aromatic carbocycles. The maximum Gasteiger partial charge on any atom is 0.411 e. The maximum absolute atomic E-state index is 11.9. The molecule has 1 aromatic heterocycles. The molecule has 0 saturated carbocycles. The number of ether oxygens (including phenoxy) is 1. The highest BCUT2D eigenvalue weighted by Gasteiger charge is 2.15. The van der Waals surface area contributed by atoms with E-state index in [1.807, 2.05) is 54.6 Å². The lowest BCUT2D eigenvalue weighted by Crippen LogP contribution is -2.14. The Bertz CT molecular complexity index is 1110. The van der Waals surface area contributed by atoms with Gasteiger partial charge in [0.05, 0.1) is 11.3 Å². The van der Waals surface area contributed by atoms with Crippen molar-refractivity contribution < 1.29 is 13.9 Å². The van der Waals surface area contributed by atoms with Crippen LogP contribution in [0.2, 0.25) is 0 Å². The summed E-state index contributed by atoms with van der Waals surface area (Å²) in [5, 5.41) is 4.80. The van der Waals surface area contributed by atoms with Gasteiger partial charge in [0.1, 0.15) is 12.1 Å². The molecule has 4 rings (SSSR count). The second-order valence-corrected chi connectivity index (χ2v) is 5.71. The molecule has 0 saturated heterocycles. The zero-order valence-corrected chi connectivity index (χ0v) is 13.9. The highest BCUT2D eigenvalue weighted by Crippen LogP contribution is 2.33. The van der Waals surface area contributed by atoms with Gasteiger partial charge in [-0.1, -0.05) is 55.1 Å². The number of oxazole rings is 1. The molecule has 0 aliphatic rings. The molecule has 4 aromatic rings. The highest BCUT2D eigenvalue weighted by molar-refractivity contribution is 6.03. The Morgan fingerprint density at radius 3 is 2.81 bits per heavy atom. The van der Waals surface area contributed by atoms with E-state index >= 15 is 0 Å². The largest absolute Gasteiger partial charge is 0.445 e. The van der Waals surface area contributed by atoms with Crippen molar-refractivity contribution in [2.45, 2.75) is 0 Å². The van der Waals surface area contributed by atoms with Crippen molar-refractivity contribution in [3.8, 4) is 11.5 Å². The summed E-state index contributed by atoms with van der Waals surface area (Å²) in [6.07, 6.45) is 0.955. The van der Waals surface area contributed by atoms with Crippen molar-refractivity contribution in [3.63, 3.8) is 0 Å². The number of nitrogens with zero attached hydrogens (tertiary/aromatic N) is 1. The van der Waals surface area contributed by atoms with Crippen LogP contribution in [-0.2, 0) is 4.74 Å². The number of amides is 1. The molecule has 26 heavy (non-hydrogen) atoms. The van der Waals surface area contributed by atoms with Gasteiger partial charge in [-0.3, -0.25) is 5.32 Å². The summed E-state index contributed by atoms with van der Waals surface area (Å²) < 4.78 is 11.0. The van der Waals surface area contributed by atoms with Crippen LogP contribution in [0.15, 0.2) is 77.7 Å². The number of carbonyl (C=O) groups excluding carboxylic acids is 1. The van der Waals surface area contributed by atoms with Crippen molar-refractivity contribution in [2.75, 3.05) is 11.9 Å². The average molecular weight is 344 g/mol. The van der Waals surface area contributed by atoms with Crippen LogP contribution in [0, 0.1) is 0 Å². The highest BCUT2D eigenvalue weighted by atomic mass is 16.5. The van der Waals surface area contributed by atoms with E-state index in [0.717, 1.165) is 21.9 Å². The van der Waals surface area contributed by atoms with Crippen molar-refractivity contribution in [1.29, 1.82) is 0 Å². The van der Waals surface area contributed by atoms with E-state index in [1.165, 1.54) is 6.08 Å². The minimum atomic E-state index is -0.557. The first kappa shape index (κ1) is 15.9. The third-order valence-corrected chi connectivity index (χ3v) is 4.01. The average Bonchev–Trinajstić information content (AvgIpc) is 3.11. The van der Waals surface area contributed by atoms with Gasteiger partial charge in [-0.2, -0.15) is 0 Å². The van der Waals surface area contributed by atoms with Crippen LogP contribution in [0.1, 0.15) is 0 Å². The zero-order valence-electron chi connectivity index (χ0n) is 13.9. The van der Waals surface area contributed by atoms with Crippen molar-refractivity contribution in [3.05, 3.63) is 73.3 Å². The molecular formula is C21H16N2O3. The van der Waals surface area contributed by atoms with Gasteiger partial charge < -0.3 is 9.15 Å². The van der Waals surface area contributed by atoms with E-state index in [9.17, 15) is 4.79 Å². The Morgan fingerprint density at radius 1 is 1.12 bits per heavy atom. The quantitative estimate of drug-likeness (QED) is 0.505. The van der Waals surface area contributed by atoms with Crippen LogP contribution in [0.25, 0.3) is 33.3 Å². The van der Waals surface area contributed by atoms with E-state index in [1.54, 1.807) is 6.07 Å². The lowest BCUT2D eigenvalue weighted by atomic mass is 10.1. The standard InChI is InChI=1S/C21H16N2O3/c1-2-13-25-21(24)23-17-10-6-5-9-16(17)20-22-18-12-11-14-7-3-4-8-15(14)19(18)26-20/h2-12H,1,13H2,(H,23,24). The summed E-state index contributed by atoms with van der Waals surface area (Å²) >= 11 is 0. The SMILES string of the molecule is C=CCOC(=O)Nc1ccccc1-c1nc2ccc3ccccc3c2o1. The molecule has 0 radical (unpaired) electrons. The van der Waals surface area contributed by atoms with E-state index in [2.05, 4.69) is 16.9 Å². The summed E-state index contributed by atoms with van der Waals surface area (Å²) in [6, 6.07) is 19.2. The molecule has 0 atom stereocenters. The summed E-state index contributed by atoms with van der Waals surface area (Å²) in [5.74, 6) is 0.441. The van der Waals surface area contributed by atoms with Gasteiger partial charge >= 0.3 is 6.09 Å². The number of aromatic nitrogens is 1. The first-order valence-electron chi connectivity index (χ1n) is 8.18. The van der Waals surface area contributed by atoms with Gasteiger partial charge in [-0.05, 0) is 23.6 Å². The van der Waals surface area contributed by atoms with E-state index in [-0.39, 0.29) is 6.61 Å². The molecule has 0 bridgehead atoms. The third-order valence-electron chi connectivity index (χ3n) is 4.01. The Kier molecular flexibility index (Phi) is 4.11. The van der Waals surface area contributed by atoms with Gasteiger partial charge in [0.2, 0.25) is 5.89 Å². The fourth-order valence-electron chi connectivity index (χ4n) is 2.83. The number of carbonyl (C=O) groups is 1. The van der Waals surface area contributed by atoms with Crippen LogP contribution in [-0.4, -0.2) is 17.7 Å². The number of anilines is 1. The van der Waals surface area contributed by atoms with E-state index in [0.29, 0.717) is 17.1 Å². The van der Waals surface area contributed by atoms with Crippen molar-refractivity contribution >= 4 is 33.7 Å². The fourth-order valence-corrected chi connectivity index (χ4v) is 2.83. The molecule has 0 unspecified atom stereocenters. The van der Waals surface area contributed by atoms with Crippen LogP contribution in [0.5, 0.6) is 0 Å². The first-order valence-corrected chi connectivity index (χ1v) is 8.18. The molecular weight excluding hydrogens is 328 g/mol. The fraction of sp³-hybridized carbons (Fsp3) is 0.0476. The smallest absolute Gasteiger partial charge is 0.411 e. The van der Waals surface area contributed by atoms with Crippen LogP contribution in [0.3, 0.4) is 0 Å². The Balaban J connectivity index is 1.77. The van der Waals surface area contributed by atoms with Gasteiger partial charge in [0.15, 0.2) is 5.58 Å². The molecule has 1 amide bonds. The van der Waals surface area contributed by atoms with E-state index in [4.69, 9.17) is 9.15 Å². The van der Waals surface area contributed by atoms with Gasteiger partial charge in [0.25, 0.3) is 0 Å². The molecule has 5 heteroatoms. The minimum absolute atomic E-state index is 0.142. The first-order chi connectivity index (χ1) is 12.8. The Hall–Kier alpha value is -3.60. The normalized spacial score (nSPS) is 10.8. The molecule has 128 valence electrons. The van der Waals surface area contributed by atoms with Crippen LogP contribution >= 0.6 is 0 Å². The topological polar surface area (TPSA) is 64.4 Å². The number of nitrogens with one attached hydrogen (secondary N) is 1. The van der Waals surface area contributed by atoms with Crippen LogP contribution < -0.4 is 5.32 Å². The van der Waals surface area contributed by atoms with E-state index < -0.39 is 6.09 Å². The second-order valence-electron chi connectivity index (χ2n) is 5.71. The van der Waals surface area contributed by atoms with Crippen LogP contribution in [0.4, 0.5) is 10.5 Å². The second kappa shape index (κ2) is 6.72. The molecule has 5 nitrogen and oxygen atoms in total. The summed E-state index contributed by atoms with van der Waals surface area (Å²) in [7, 11) is 0. The molecule has 1 N–H and O–H groups in total. The molecule has 0 fully saturated rings. The monoisotopic (exact) mass is 344 g/mol. The molecule has 0 spiro atoms. The predicted molar refractivity (Wildman–Crippen MR) is 102 cm³/mol. The summed E-state index contributed by atoms with van der Waals surface area (Å²) in [5.41, 5.74) is 2.74. The molecule has 1 heterocycles. The number of para-hydroxylation sites is 1. The number of rotatable bonds is 4. The van der Waals surface area contributed by atoms with Crippen molar-refractivity contribution in [2.24, 2.45) is 0 Å². The molecule has 0 aliphatic carbocycles. The third kappa shape index (κ3) is 2.91. The number of benzene rings is 3. The predicted octanol–water partition coefficient (Wildman–Crippen LogP) is 5.38. The number of fused-ring (bicyclic) bond motifs is 3. The lowest BCUT2D eigenvalue weighted by molar-refractivity contribution is 0.174. The Labute approximate surface area is 149 Å². The number of hydrogen-bond acceptors (Lipinski definition) is 4. The Morgan fingerprint density at radius 2 is 1.92 bits per heavy atom. The van der Waals surface area contributed by atoms with Gasteiger partial charge in [-0.25, -0.2) is 9.78 Å². The summed E-state index contributed by atoms with van der Waals surface area (Å²) in [6.45, 7) is 3.67. The summed E-state index contributed by atoms with van der Waals surface area (Å²) in [4.78, 5) is 16.5. The number of hydrogen-bond donors (Lipinski definition) is 1. The van der Waals surface area contributed by atoms with Gasteiger partial charge in [0, 0.05) is 5.39 Å².